The third kappa shape index (κ3) is 16.2. The molecule has 26 nitrogen and oxygen atoms in total. The van der Waals surface area contributed by atoms with Crippen LogP contribution in [-0.2, 0) is 75.6 Å². The molecule has 28 heteroatoms. The van der Waals surface area contributed by atoms with E-state index in [1.54, 1.807) is 243 Å². The highest BCUT2D eigenvalue weighted by Crippen LogP contribution is 2.40. The fraction of sp³-hybridized carbons (Fsp3) is 0.125. The zero-order valence-corrected chi connectivity index (χ0v) is 49.4. The van der Waals surface area contributed by atoms with Gasteiger partial charge in [-0.25, -0.2) is 0 Å². The van der Waals surface area contributed by atoms with E-state index in [1.165, 1.54) is 0 Å². The number of benzene rings is 8. The molecule has 8 aromatic rings. The van der Waals surface area contributed by atoms with Crippen molar-refractivity contribution in [1.82, 2.24) is 12.3 Å². The van der Waals surface area contributed by atoms with Gasteiger partial charge in [0.05, 0.1) is 0 Å². The van der Waals surface area contributed by atoms with Crippen molar-refractivity contribution < 1.29 is 75.6 Å². The molecule has 4 saturated heterocycles. The molecule has 2 spiro atoms. The van der Waals surface area contributed by atoms with Gasteiger partial charge in [-0.1, -0.05) is 146 Å². The van der Waals surface area contributed by atoms with Crippen LogP contribution in [0.3, 0.4) is 0 Å². The molecule has 4 fully saturated rings. The van der Waals surface area contributed by atoms with E-state index in [2.05, 4.69) is 42.5 Å². The van der Waals surface area contributed by atoms with Crippen LogP contribution in [-0.4, -0.2) is 110 Å². The Hall–Kier alpha value is -10.8. The van der Waals surface area contributed by atoms with Gasteiger partial charge in [0.1, 0.15) is 48.8 Å². The van der Waals surface area contributed by atoms with E-state index in [9.17, 15) is 38.4 Å². The summed E-state index contributed by atoms with van der Waals surface area (Å²) in [5.74, 6) is -5.87. The Bertz CT molecular complexity index is 3080. The molecule has 12 rings (SSSR count). The molecule has 92 heavy (non-hydrogen) atoms. The molecule has 0 aliphatic carbocycles. The first-order valence-electron chi connectivity index (χ1n) is 28.3. The smallest absolute Gasteiger partial charge is 0.507 e. The summed E-state index contributed by atoms with van der Waals surface area (Å²) >= 11 is 0. The first-order chi connectivity index (χ1) is 43.8. The third-order valence-corrected chi connectivity index (χ3v) is 14.0. The lowest BCUT2D eigenvalue weighted by molar-refractivity contribution is -0.131. The lowest BCUT2D eigenvalue weighted by atomic mass is 10.1. The summed E-state index contributed by atoms with van der Waals surface area (Å²) in [6.07, 6.45) is -12.6. The van der Waals surface area contributed by atoms with E-state index in [0.717, 1.165) is 0 Å². The summed E-state index contributed by atoms with van der Waals surface area (Å²) in [5, 5.41) is 21.5. The molecule has 4 heterocycles. The Morgan fingerprint density at radius 2 is 0.293 bits per heavy atom. The van der Waals surface area contributed by atoms with Gasteiger partial charge in [0.15, 0.2) is 0 Å². The summed E-state index contributed by atoms with van der Waals surface area (Å²) in [4.78, 5) is 108. The molecule has 8 atom stereocenters. The monoisotopic (exact) mass is 1250 g/mol. The normalized spacial score (nSPS) is 21.0. The minimum absolute atomic E-state index is 0. The summed E-state index contributed by atoms with van der Waals surface area (Å²) < 4.78 is 47.5. The molecule has 4 aliphatic rings. The molecule has 8 amide bonds. The fourth-order valence-corrected chi connectivity index (χ4v) is 9.87. The Balaban J connectivity index is 0.000000213. The number of rotatable bonds is 16. The summed E-state index contributed by atoms with van der Waals surface area (Å²) in [7, 11) is 0. The van der Waals surface area contributed by atoms with Crippen molar-refractivity contribution in [2.24, 2.45) is 0 Å². The maximum Gasteiger partial charge on any atom is 0.533 e. The van der Waals surface area contributed by atoms with Crippen molar-refractivity contribution in [3.8, 4) is 0 Å². The number of carbonyl (C=O) groups is 8. The maximum atomic E-state index is 13.5. The average molecular weight is 1250 g/mol. The first-order valence-corrected chi connectivity index (χ1v) is 28.3. The molecular weight excluding hydrogens is 1190 g/mol. The zero-order valence-electron chi connectivity index (χ0n) is 49.4. The van der Waals surface area contributed by atoms with E-state index in [-0.39, 0.29) is 12.3 Å². The van der Waals surface area contributed by atoms with Crippen molar-refractivity contribution in [3.63, 3.8) is 0 Å². The number of hydrogen-bond donors (Lipinski definition) is 10. The average Bonchev–Trinajstić information content (AvgIpc) is 1.64. The highest BCUT2D eigenvalue weighted by molar-refractivity contribution is 6.57. The van der Waals surface area contributed by atoms with Gasteiger partial charge in [0.2, 0.25) is 0 Å². The van der Waals surface area contributed by atoms with Gasteiger partial charge in [-0.15, -0.1) is 0 Å². The van der Waals surface area contributed by atoms with Crippen molar-refractivity contribution in [2.45, 2.75) is 48.8 Å². The molecule has 0 saturated carbocycles. The lowest BCUT2D eigenvalue weighted by Gasteiger charge is -2.29. The van der Waals surface area contributed by atoms with Gasteiger partial charge >= 0.3 is 13.9 Å². The molecular formula is C64H64B2N10O16. The number of quaternary nitrogens is 2. The van der Waals surface area contributed by atoms with Crippen molar-refractivity contribution in [2.75, 3.05) is 42.5 Å². The van der Waals surface area contributed by atoms with Crippen LogP contribution >= 0.6 is 0 Å². The highest BCUT2D eigenvalue weighted by Gasteiger charge is 2.62. The quantitative estimate of drug-likeness (QED) is 0.0412. The number of para-hydroxylation sites is 8. The Labute approximate surface area is 526 Å². The van der Waals surface area contributed by atoms with Crippen LogP contribution < -0.4 is 54.8 Å². The SMILES string of the molecule is O=C(Nc1ccccc1)[C@@H]1O[B-]2(O[C@H]1C(=O)Nc1ccccc1)O[C@@H](C(=O)Nc1ccccc1)[C@H](C(=O)Nc1ccccc1)O2.O=C(Nc1ccccc1)[C@@H]1O[B-]2(O[C@H]1C(=O)Nc1ccccc1)O[C@@H](C(=O)Nc1ccccc1)[C@H](C(=O)Nc1ccccc1)O2.[NH4+].[NH4+]. The first kappa shape index (κ1) is 65.7. The Kier molecular flexibility index (Phi) is 21.5. The lowest BCUT2D eigenvalue weighted by Crippen LogP contribution is -2.43. The molecule has 4 aliphatic heterocycles. The van der Waals surface area contributed by atoms with Crippen LogP contribution in [0.1, 0.15) is 0 Å². The van der Waals surface area contributed by atoms with Crippen LogP contribution in [0, 0.1) is 0 Å². The zero-order chi connectivity index (χ0) is 62.5. The van der Waals surface area contributed by atoms with Crippen LogP contribution in [0.5, 0.6) is 0 Å². The number of amides is 8. The van der Waals surface area contributed by atoms with Gasteiger partial charge in [0.25, 0.3) is 47.3 Å². The minimum atomic E-state index is -3.43. The molecule has 472 valence electrons. The Morgan fingerprint density at radius 3 is 0.391 bits per heavy atom. The molecule has 0 aromatic heterocycles. The van der Waals surface area contributed by atoms with E-state index in [4.69, 9.17) is 37.2 Å². The summed E-state index contributed by atoms with van der Waals surface area (Å²) in [5.41, 5.74) is 3.52. The number of hydrogen-bond acceptors (Lipinski definition) is 16. The topological polar surface area (TPSA) is 380 Å². The van der Waals surface area contributed by atoms with E-state index in [1.807, 2.05) is 0 Å². The second-order valence-corrected chi connectivity index (χ2v) is 20.5. The van der Waals surface area contributed by atoms with Gasteiger partial charge < -0.3 is 92.1 Å². The van der Waals surface area contributed by atoms with Crippen molar-refractivity contribution in [1.29, 1.82) is 0 Å². The molecule has 16 N–H and O–H groups in total. The van der Waals surface area contributed by atoms with Gasteiger partial charge in [-0.3, -0.25) is 38.4 Å². The van der Waals surface area contributed by atoms with Gasteiger partial charge in [-0.05, 0) is 97.1 Å². The second-order valence-electron chi connectivity index (χ2n) is 20.5. The standard InChI is InChI=1S/2C32H28BN4O8.2H3N/c2*38-29(34-21-13-5-1-6-14-21)25-26(30(39)35-22-15-7-2-8-16-22)43-33(42-25)44-27(31(40)36-23-17-9-3-10-18-23)28(45-33)32(41)37-24-19-11-4-12-20-24;;/h2*1-20,25-28H,(H,34,38)(H,35,39)(H,36,40)(H,37,41);2*1H3/q2*-1;;/p+2/t2*25-,26-,27-,28-;;/m11../s1. The molecule has 0 radical (unpaired) electrons. The Morgan fingerprint density at radius 1 is 0.196 bits per heavy atom. The minimum Gasteiger partial charge on any atom is -0.507 e. The van der Waals surface area contributed by atoms with E-state index >= 15 is 0 Å². The van der Waals surface area contributed by atoms with Gasteiger partial charge in [-0.2, -0.15) is 0 Å². The molecule has 0 bridgehead atoms. The summed E-state index contributed by atoms with van der Waals surface area (Å²) in [6.45, 7) is -6.85. The van der Waals surface area contributed by atoms with Crippen LogP contribution in [0.4, 0.5) is 45.5 Å². The predicted molar refractivity (Wildman–Crippen MR) is 343 cm³/mol. The predicted octanol–water partition coefficient (Wildman–Crippen LogP) is 7.84. The molecule has 8 aromatic carbocycles. The van der Waals surface area contributed by atoms with Crippen LogP contribution in [0.2, 0.25) is 0 Å². The number of anilines is 8. The number of nitrogens with one attached hydrogen (secondary N) is 8. The highest BCUT2D eigenvalue weighted by atomic mass is 16.9. The molecule has 0 unspecified atom stereocenters. The number of carbonyl (C=O) groups excluding carboxylic acids is 8. The third-order valence-electron chi connectivity index (χ3n) is 14.0. The largest absolute Gasteiger partial charge is 0.533 e. The van der Waals surface area contributed by atoms with E-state index < -0.39 is 110 Å². The van der Waals surface area contributed by atoms with Crippen LogP contribution in [0.15, 0.2) is 243 Å². The maximum absolute atomic E-state index is 13.5. The van der Waals surface area contributed by atoms with E-state index in [0.29, 0.717) is 45.5 Å². The van der Waals surface area contributed by atoms with Crippen LogP contribution in [0.25, 0.3) is 0 Å². The van der Waals surface area contributed by atoms with Crippen molar-refractivity contribution in [3.05, 3.63) is 243 Å². The second kappa shape index (κ2) is 30.2. The van der Waals surface area contributed by atoms with Gasteiger partial charge in [0, 0.05) is 45.5 Å². The fourth-order valence-electron chi connectivity index (χ4n) is 9.87. The summed E-state index contributed by atoms with van der Waals surface area (Å²) in [6, 6.07) is 68.3. The van der Waals surface area contributed by atoms with Crippen molar-refractivity contribution >= 4 is 107 Å².